The molecule has 0 bridgehead atoms. The first-order valence-corrected chi connectivity index (χ1v) is 28.1. The molecule has 19 heteroatoms. The van der Waals surface area contributed by atoms with Gasteiger partial charge >= 0.3 is 32.4 Å². The van der Waals surface area contributed by atoms with Crippen molar-refractivity contribution < 1.29 is 58.8 Å². The lowest BCUT2D eigenvalue weighted by molar-refractivity contribution is -0.144. The van der Waals surface area contributed by atoms with E-state index in [1.165, 1.54) is 0 Å². The molecule has 0 spiro atoms. The second-order valence-electron chi connectivity index (χ2n) is 13.7. The number of rotatable bonds is 41. The zero-order valence-electron chi connectivity index (χ0n) is 36.2. The van der Waals surface area contributed by atoms with E-state index in [9.17, 15) is 4.79 Å². The van der Waals surface area contributed by atoms with Crippen LogP contribution >= 0.6 is 37.9 Å². The molecule has 4 unspecified atom stereocenters. The number of ether oxygens (including phenoxy) is 3. The molecule has 0 aliphatic rings. The fraction of sp³-hybridized carbons (Fsp3) is 0.973. The molecule has 0 saturated heterocycles. The minimum atomic E-state index is -3.09. The normalized spacial score (nSPS) is 14.9. The van der Waals surface area contributed by atoms with E-state index in [2.05, 4.69) is 44.8 Å². The van der Waals surface area contributed by atoms with Gasteiger partial charge in [-0.15, -0.1) is 0 Å². The molecule has 336 valence electrons. The minimum absolute atomic E-state index is 0.176. The number of carbonyl (C=O) groups excluding carboxylic acids is 1. The van der Waals surface area contributed by atoms with Gasteiger partial charge in [-0.2, -0.15) is 37.9 Å². The first-order valence-electron chi connectivity index (χ1n) is 20.4. The highest BCUT2D eigenvalue weighted by Gasteiger charge is 2.47. The lowest BCUT2D eigenvalue weighted by Crippen LogP contribution is -2.54. The zero-order valence-corrected chi connectivity index (χ0v) is 41.9. The minimum Gasteiger partial charge on any atom is -0.463 e. The summed E-state index contributed by atoms with van der Waals surface area (Å²) in [5.41, 5.74) is 0. The van der Waals surface area contributed by atoms with E-state index in [1.54, 1.807) is 56.9 Å². The molecule has 0 aromatic rings. The molecule has 0 rings (SSSR count). The maximum Gasteiger partial charge on any atom is 0.500 e. The van der Waals surface area contributed by atoms with Gasteiger partial charge in [0.15, 0.2) is 0 Å². The quantitative estimate of drug-likeness (QED) is 0.0240. The molecule has 0 radical (unpaired) electrons. The molecular formula is C37H80O13S3Si3. The summed E-state index contributed by atoms with van der Waals surface area (Å²) in [4.78, 5) is 12.3. The van der Waals surface area contributed by atoms with E-state index in [0.29, 0.717) is 42.5 Å². The van der Waals surface area contributed by atoms with Crippen LogP contribution in [0.4, 0.5) is 0 Å². The summed E-state index contributed by atoms with van der Waals surface area (Å²) < 4.78 is 72.6. The summed E-state index contributed by atoms with van der Waals surface area (Å²) in [6.45, 7) is 2.59. The molecule has 0 aliphatic heterocycles. The largest absolute Gasteiger partial charge is 0.500 e. The Bertz CT molecular complexity index is 926. The summed E-state index contributed by atoms with van der Waals surface area (Å²) in [7, 11) is 4.37. The fourth-order valence-electron chi connectivity index (χ4n) is 6.55. The summed E-state index contributed by atoms with van der Waals surface area (Å²) >= 11 is 13.1. The Hall–Kier alpha value is 0.731. The third-order valence-electron chi connectivity index (χ3n) is 9.98. The van der Waals surface area contributed by atoms with E-state index in [1.807, 2.05) is 0 Å². The zero-order chi connectivity index (χ0) is 42.1. The highest BCUT2D eigenvalue weighted by Crippen LogP contribution is 2.31. The molecule has 0 amide bonds. The summed E-state index contributed by atoms with van der Waals surface area (Å²) in [5.74, 6) is 1.90. The van der Waals surface area contributed by atoms with E-state index < -0.39 is 32.5 Å². The van der Waals surface area contributed by atoms with E-state index in [0.717, 1.165) is 89.2 Å². The molecule has 0 aromatic heterocycles. The number of carbonyl (C=O) groups is 1. The van der Waals surface area contributed by atoms with Gasteiger partial charge in [-0.05, 0) is 55.8 Å². The van der Waals surface area contributed by atoms with Gasteiger partial charge < -0.3 is 54.0 Å². The maximum absolute atomic E-state index is 12.3. The van der Waals surface area contributed by atoms with Gasteiger partial charge in [0.05, 0.1) is 31.0 Å². The van der Waals surface area contributed by atoms with E-state index >= 15 is 0 Å². The number of unbranched alkanes of at least 4 members (excludes halogenated alkanes) is 6. The Morgan fingerprint density at radius 2 is 0.911 bits per heavy atom. The fourth-order valence-corrected chi connectivity index (χ4v) is 14.3. The number of thiol groups is 3. The molecule has 13 nitrogen and oxygen atoms in total. The van der Waals surface area contributed by atoms with Crippen LogP contribution in [0.1, 0.15) is 103 Å². The average molecular weight is 913 g/mol. The average Bonchev–Trinajstić information content (AvgIpc) is 3.23. The van der Waals surface area contributed by atoms with Gasteiger partial charge in [0.25, 0.3) is 0 Å². The number of methoxy groups -OCH3 is 2. The van der Waals surface area contributed by atoms with Crippen LogP contribution < -0.4 is 0 Å². The van der Waals surface area contributed by atoms with Gasteiger partial charge in [-0.3, -0.25) is 4.79 Å². The molecular weight excluding hydrogens is 833 g/mol. The van der Waals surface area contributed by atoms with Crippen molar-refractivity contribution >= 4 is 70.3 Å². The van der Waals surface area contributed by atoms with Crippen LogP contribution in [0.2, 0.25) is 18.1 Å². The number of hydrogen-bond donors (Lipinski definition) is 3. The number of hydrogen-bond acceptors (Lipinski definition) is 16. The van der Waals surface area contributed by atoms with Crippen molar-refractivity contribution in [1.29, 1.82) is 0 Å². The third-order valence-corrected chi connectivity index (χ3v) is 19.5. The maximum atomic E-state index is 12.3. The van der Waals surface area contributed by atoms with Gasteiger partial charge in [0.2, 0.25) is 0 Å². The topological polar surface area (TPSA) is 128 Å². The Morgan fingerprint density at radius 3 is 1.32 bits per heavy atom. The van der Waals surface area contributed by atoms with Crippen molar-refractivity contribution in [2.75, 3.05) is 87.4 Å². The van der Waals surface area contributed by atoms with Crippen LogP contribution in [0.15, 0.2) is 0 Å². The Labute approximate surface area is 360 Å². The van der Waals surface area contributed by atoms with Crippen LogP contribution in [-0.2, 0) is 58.8 Å². The van der Waals surface area contributed by atoms with Gasteiger partial charge in [-0.1, -0.05) is 51.9 Å². The SMILES string of the molecule is CCCCC(OC)C(CC(O[Si](CCCS)(OC)OC)C(CCCCCCCCC(=O)OCCO[Si](CCCS)(OC)OC)OC)O[Si](CCCS)(OC)OC. The van der Waals surface area contributed by atoms with Crippen molar-refractivity contribution in [2.24, 2.45) is 0 Å². The predicted octanol–water partition coefficient (Wildman–Crippen LogP) is 7.70. The van der Waals surface area contributed by atoms with Crippen molar-refractivity contribution in [1.82, 2.24) is 0 Å². The Morgan fingerprint density at radius 1 is 0.500 bits per heavy atom. The van der Waals surface area contributed by atoms with Crippen LogP contribution in [0, 0.1) is 0 Å². The second kappa shape index (κ2) is 35.3. The van der Waals surface area contributed by atoms with Gasteiger partial charge in [0, 0.05) is 87.9 Å². The van der Waals surface area contributed by atoms with Gasteiger partial charge in [0.1, 0.15) is 6.61 Å². The summed E-state index contributed by atoms with van der Waals surface area (Å²) in [6.07, 6.45) is 11.4. The highest BCUT2D eigenvalue weighted by molar-refractivity contribution is 7.80. The monoisotopic (exact) mass is 912 g/mol. The van der Waals surface area contributed by atoms with Crippen LogP contribution in [0.25, 0.3) is 0 Å². The molecule has 4 atom stereocenters. The summed E-state index contributed by atoms with van der Waals surface area (Å²) in [5, 5.41) is 0. The molecule has 0 fully saturated rings. The molecule has 0 aliphatic carbocycles. The Balaban J connectivity index is 5.54. The van der Waals surface area contributed by atoms with Crippen LogP contribution in [-0.4, -0.2) is 144 Å². The summed E-state index contributed by atoms with van der Waals surface area (Å²) in [6, 6.07) is 1.94. The molecule has 0 aromatic carbocycles. The second-order valence-corrected chi connectivity index (χ2v) is 23.9. The highest BCUT2D eigenvalue weighted by atomic mass is 32.1. The first kappa shape index (κ1) is 56.7. The van der Waals surface area contributed by atoms with E-state index in [4.69, 9.17) is 54.0 Å². The molecule has 0 saturated carbocycles. The third kappa shape index (κ3) is 23.1. The van der Waals surface area contributed by atoms with Crippen LogP contribution in [0.5, 0.6) is 0 Å². The van der Waals surface area contributed by atoms with Crippen molar-refractivity contribution in [3.05, 3.63) is 0 Å². The predicted molar refractivity (Wildman–Crippen MR) is 238 cm³/mol. The lowest BCUT2D eigenvalue weighted by Gasteiger charge is -2.40. The smallest absolute Gasteiger partial charge is 0.463 e. The molecule has 0 heterocycles. The number of esters is 1. The van der Waals surface area contributed by atoms with E-state index in [-0.39, 0.29) is 37.5 Å². The Kier molecular flexibility index (Phi) is 35.8. The van der Waals surface area contributed by atoms with Crippen molar-refractivity contribution in [3.8, 4) is 0 Å². The van der Waals surface area contributed by atoms with Crippen molar-refractivity contribution in [2.45, 2.75) is 146 Å². The van der Waals surface area contributed by atoms with Crippen molar-refractivity contribution in [3.63, 3.8) is 0 Å². The molecule has 56 heavy (non-hydrogen) atoms. The standard InChI is InChI=1S/C37H80O13S3Si3/c1-10-11-21-33(39-2)35(49-55(43-6,44-7)30-19-27-52)32-36(50-56(45-8,46-9)31-20-28-53)34(40-3)22-16-14-12-13-15-17-23-37(38)47-24-25-48-54(41-4,42-5)29-18-26-51/h33-36,51-53H,10-32H2,1-9H3. The van der Waals surface area contributed by atoms with Gasteiger partial charge in [-0.25, -0.2) is 0 Å². The lowest BCUT2D eigenvalue weighted by atomic mass is 9.96. The first-order chi connectivity index (χ1) is 27.1. The van der Waals surface area contributed by atoms with Crippen LogP contribution in [0.3, 0.4) is 0 Å². The molecule has 0 N–H and O–H groups in total.